The van der Waals surface area contributed by atoms with Crippen LogP contribution in [0, 0.1) is 18.3 Å². The predicted octanol–water partition coefficient (Wildman–Crippen LogP) is 4.32. The van der Waals surface area contributed by atoms with Crippen molar-refractivity contribution >= 4 is 23.4 Å². The van der Waals surface area contributed by atoms with Gasteiger partial charge in [-0.15, -0.1) is 0 Å². The Morgan fingerprint density at radius 3 is 2.67 bits per heavy atom. The largest absolute Gasteiger partial charge is 0.449 e. The van der Waals surface area contributed by atoms with E-state index in [4.69, 9.17) is 4.74 Å². The molecule has 1 spiro atoms. The Labute approximate surface area is 197 Å². The highest BCUT2D eigenvalue weighted by Gasteiger charge is 2.50. The second kappa shape index (κ2) is 9.92. The molecule has 3 aliphatic rings. The second-order valence-corrected chi connectivity index (χ2v) is 10.6. The van der Waals surface area contributed by atoms with Gasteiger partial charge in [-0.05, 0) is 81.5 Å². The number of aryl methyl sites for hydroxylation is 1. The summed E-state index contributed by atoms with van der Waals surface area (Å²) in [5, 5.41) is 12.7. The van der Waals surface area contributed by atoms with Gasteiger partial charge in [0.05, 0.1) is 18.1 Å². The minimum atomic E-state index is -0.431. The Balaban J connectivity index is 1.41. The Bertz CT molecular complexity index is 865. The van der Waals surface area contributed by atoms with Crippen molar-refractivity contribution in [3.8, 4) is 0 Å². The molecule has 182 valence electrons. The summed E-state index contributed by atoms with van der Waals surface area (Å²) >= 11 is 0. The Morgan fingerprint density at radius 2 is 1.97 bits per heavy atom. The molecule has 2 saturated heterocycles. The van der Waals surface area contributed by atoms with Gasteiger partial charge in [-0.3, -0.25) is 10.1 Å². The van der Waals surface area contributed by atoms with Gasteiger partial charge in [0.25, 0.3) is 0 Å². The first-order chi connectivity index (χ1) is 15.8. The molecule has 2 heterocycles. The maximum atomic E-state index is 13.6. The van der Waals surface area contributed by atoms with Crippen LogP contribution < -0.4 is 10.2 Å². The number of aliphatic hydroxyl groups excluding tert-OH is 1. The molecule has 1 aromatic carbocycles. The normalized spacial score (nSPS) is 28.0. The van der Waals surface area contributed by atoms with E-state index in [1.54, 1.807) is 0 Å². The number of rotatable bonds is 5. The zero-order valence-electron chi connectivity index (χ0n) is 20.3. The van der Waals surface area contributed by atoms with Crippen LogP contribution in [0.15, 0.2) is 18.2 Å². The number of benzene rings is 1. The highest BCUT2D eigenvalue weighted by molar-refractivity contribution is 5.87. The first-order valence-corrected chi connectivity index (χ1v) is 12.6. The molecule has 3 fully saturated rings. The van der Waals surface area contributed by atoms with Gasteiger partial charge >= 0.3 is 6.09 Å². The Hall–Kier alpha value is -2.28. The molecule has 33 heavy (non-hydrogen) atoms. The van der Waals surface area contributed by atoms with Crippen LogP contribution in [-0.4, -0.2) is 60.4 Å². The summed E-state index contributed by atoms with van der Waals surface area (Å²) in [6, 6.07) is 6.23. The number of carbonyl (C=O) groups excluding carboxylic acids is 2. The molecule has 7 heteroatoms. The van der Waals surface area contributed by atoms with Gasteiger partial charge in [-0.25, -0.2) is 4.79 Å². The number of carbonyl (C=O) groups is 2. The molecule has 1 saturated carbocycles. The van der Waals surface area contributed by atoms with Crippen molar-refractivity contribution in [2.24, 2.45) is 11.3 Å². The maximum Gasteiger partial charge on any atom is 0.411 e. The van der Waals surface area contributed by atoms with Gasteiger partial charge in [0.1, 0.15) is 0 Å². The number of likely N-dealkylation sites (tertiary alicyclic amines) is 1. The summed E-state index contributed by atoms with van der Waals surface area (Å²) in [5.74, 6) is 0.614. The lowest BCUT2D eigenvalue weighted by Crippen LogP contribution is -2.50. The highest BCUT2D eigenvalue weighted by atomic mass is 16.5. The summed E-state index contributed by atoms with van der Waals surface area (Å²) in [7, 11) is 0. The monoisotopic (exact) mass is 457 g/mol. The SMILES string of the molecule is Cc1cc(NC(=O)OCC(C)C)ccc1N1CCC[C@@]2(CCN(C3CCC(O)CC3)C2=O)C1. The minimum absolute atomic E-state index is 0.199. The fourth-order valence-corrected chi connectivity index (χ4v) is 5.77. The number of ether oxygens (including phenoxy) is 1. The van der Waals surface area contributed by atoms with Crippen molar-refractivity contribution in [2.75, 3.05) is 36.5 Å². The van der Waals surface area contributed by atoms with Crippen molar-refractivity contribution in [3.63, 3.8) is 0 Å². The number of amides is 2. The molecule has 4 rings (SSSR count). The first kappa shape index (κ1) is 23.9. The number of hydrogen-bond acceptors (Lipinski definition) is 5. The maximum absolute atomic E-state index is 13.6. The van der Waals surface area contributed by atoms with E-state index in [0.717, 1.165) is 81.5 Å². The summed E-state index contributed by atoms with van der Waals surface area (Å²) in [4.78, 5) is 30.1. The number of hydrogen-bond donors (Lipinski definition) is 2. The van der Waals surface area contributed by atoms with Crippen molar-refractivity contribution < 1.29 is 19.4 Å². The van der Waals surface area contributed by atoms with Gasteiger partial charge in [0.15, 0.2) is 0 Å². The third-order valence-corrected chi connectivity index (χ3v) is 7.56. The van der Waals surface area contributed by atoms with Crippen LogP contribution in [0.5, 0.6) is 0 Å². The van der Waals surface area contributed by atoms with E-state index in [9.17, 15) is 14.7 Å². The van der Waals surface area contributed by atoms with E-state index in [-0.39, 0.29) is 17.6 Å². The predicted molar refractivity (Wildman–Crippen MR) is 129 cm³/mol. The van der Waals surface area contributed by atoms with Crippen molar-refractivity contribution in [2.45, 2.75) is 77.9 Å². The van der Waals surface area contributed by atoms with Crippen LogP contribution in [0.3, 0.4) is 0 Å². The van der Waals surface area contributed by atoms with Crippen molar-refractivity contribution in [1.29, 1.82) is 0 Å². The lowest BCUT2D eigenvalue weighted by molar-refractivity contribution is -0.139. The number of nitrogens with one attached hydrogen (secondary N) is 1. The molecule has 2 amide bonds. The van der Waals surface area contributed by atoms with Gasteiger partial charge < -0.3 is 19.6 Å². The average molecular weight is 458 g/mol. The molecule has 2 aliphatic heterocycles. The van der Waals surface area contributed by atoms with Crippen molar-refractivity contribution in [3.05, 3.63) is 23.8 Å². The molecule has 0 bridgehead atoms. The summed E-state index contributed by atoms with van der Waals surface area (Å²) in [6.45, 7) is 8.99. The molecule has 1 aliphatic carbocycles. The summed E-state index contributed by atoms with van der Waals surface area (Å²) in [6.07, 6.45) is 5.69. The zero-order chi connectivity index (χ0) is 23.6. The molecule has 7 nitrogen and oxygen atoms in total. The third-order valence-electron chi connectivity index (χ3n) is 7.56. The fraction of sp³-hybridized carbons (Fsp3) is 0.692. The van der Waals surface area contributed by atoms with Crippen LogP contribution in [0.4, 0.5) is 16.2 Å². The van der Waals surface area contributed by atoms with E-state index in [2.05, 4.69) is 22.0 Å². The number of piperidine rings is 1. The summed E-state index contributed by atoms with van der Waals surface area (Å²) in [5.41, 5.74) is 2.64. The van der Waals surface area contributed by atoms with E-state index in [0.29, 0.717) is 18.4 Å². The topological polar surface area (TPSA) is 82.1 Å². The molecular formula is C26H39N3O4. The van der Waals surface area contributed by atoms with Crippen LogP contribution >= 0.6 is 0 Å². The minimum Gasteiger partial charge on any atom is -0.449 e. The average Bonchev–Trinajstić information content (AvgIpc) is 3.08. The molecule has 2 N–H and O–H groups in total. The lowest BCUT2D eigenvalue weighted by Gasteiger charge is -2.42. The van der Waals surface area contributed by atoms with Gasteiger partial charge in [0.2, 0.25) is 5.91 Å². The lowest BCUT2D eigenvalue weighted by atomic mass is 9.78. The molecule has 0 unspecified atom stereocenters. The van der Waals surface area contributed by atoms with E-state index < -0.39 is 6.09 Å². The van der Waals surface area contributed by atoms with Crippen molar-refractivity contribution in [1.82, 2.24) is 4.90 Å². The van der Waals surface area contributed by atoms with Crippen LogP contribution in [-0.2, 0) is 9.53 Å². The van der Waals surface area contributed by atoms with Crippen LogP contribution in [0.2, 0.25) is 0 Å². The Morgan fingerprint density at radius 1 is 1.21 bits per heavy atom. The first-order valence-electron chi connectivity index (χ1n) is 12.6. The van der Waals surface area contributed by atoms with Gasteiger partial charge in [-0.2, -0.15) is 0 Å². The highest BCUT2D eigenvalue weighted by Crippen LogP contribution is 2.44. The molecule has 1 aromatic rings. The smallest absolute Gasteiger partial charge is 0.411 e. The standard InChI is InChI=1S/C26H39N3O4/c1-18(2)16-33-25(32)27-20-5-10-23(19(3)15-20)28-13-4-11-26(17-28)12-14-29(24(26)31)21-6-8-22(30)9-7-21/h5,10,15,18,21-22,30H,4,6-9,11-14,16-17H2,1-3H3,(H,27,32)/t21?,22?,26-/m1/s1. The van der Waals surface area contributed by atoms with E-state index in [1.807, 2.05) is 32.0 Å². The fourth-order valence-electron chi connectivity index (χ4n) is 5.77. The van der Waals surface area contributed by atoms with Gasteiger partial charge in [0, 0.05) is 37.1 Å². The summed E-state index contributed by atoms with van der Waals surface area (Å²) < 4.78 is 5.22. The van der Waals surface area contributed by atoms with E-state index >= 15 is 0 Å². The quantitative estimate of drug-likeness (QED) is 0.688. The molecular weight excluding hydrogens is 418 g/mol. The van der Waals surface area contributed by atoms with Crippen LogP contribution in [0.1, 0.15) is 64.4 Å². The molecule has 1 atom stereocenters. The third kappa shape index (κ3) is 5.29. The number of nitrogens with zero attached hydrogens (tertiary/aromatic N) is 2. The Kier molecular flexibility index (Phi) is 7.17. The molecule has 0 aromatic heterocycles. The van der Waals surface area contributed by atoms with Gasteiger partial charge in [-0.1, -0.05) is 13.8 Å². The zero-order valence-corrected chi connectivity index (χ0v) is 20.3. The number of aliphatic hydroxyl groups is 1. The second-order valence-electron chi connectivity index (χ2n) is 10.6. The van der Waals surface area contributed by atoms with Crippen LogP contribution in [0.25, 0.3) is 0 Å². The molecule has 0 radical (unpaired) electrons. The number of anilines is 2. The van der Waals surface area contributed by atoms with E-state index in [1.165, 1.54) is 0 Å².